The first kappa shape index (κ1) is 35.6. The molecular weight excluding hydrogens is 448 g/mol. The average Bonchev–Trinajstić information content (AvgIpc) is 2.43. The molecule has 31 heavy (non-hydrogen) atoms. The van der Waals surface area contributed by atoms with Crippen molar-refractivity contribution < 1.29 is 61.4 Å². The fourth-order valence-electron chi connectivity index (χ4n) is 2.23. The van der Waals surface area contributed by atoms with Crippen molar-refractivity contribution in [2.24, 2.45) is 0 Å². The van der Waals surface area contributed by atoms with Crippen molar-refractivity contribution in [1.29, 1.82) is 0 Å². The first-order valence-electron chi connectivity index (χ1n) is 8.59. The molecule has 0 spiro atoms. The molecule has 0 rings (SSSR count). The standard InChI is InChI=1S/3C7H10O3.Cr/c3*1-4(8)7(5(2)9)6(3)10;/h3*8H,1-3H3;/q;;;+3/p-3. The van der Waals surface area contributed by atoms with Crippen molar-refractivity contribution in [2.75, 3.05) is 0 Å². The molecule has 0 saturated carbocycles. The van der Waals surface area contributed by atoms with Gasteiger partial charge in [-0.15, -0.1) is 17.3 Å². The minimum atomic E-state index is -0.458. The molecule has 1 radical (unpaired) electrons. The second kappa shape index (κ2) is 16.9. The monoisotopic (exact) mass is 475 g/mol. The van der Waals surface area contributed by atoms with Crippen molar-refractivity contribution in [3.63, 3.8) is 0 Å². The Morgan fingerprint density at radius 3 is 0.452 bits per heavy atom. The maximum absolute atomic E-state index is 10.5. The zero-order valence-corrected chi connectivity index (χ0v) is 20.4. The van der Waals surface area contributed by atoms with Crippen LogP contribution >= 0.6 is 0 Å². The molecule has 0 N–H and O–H groups in total. The molecule has 9 nitrogen and oxygen atoms in total. The number of Topliss-reactive ketones (excluding diaryl/α,β-unsaturated/α-hetero) is 6. The summed E-state index contributed by atoms with van der Waals surface area (Å²) >= 11 is 0. The van der Waals surface area contributed by atoms with Crippen molar-refractivity contribution in [1.82, 2.24) is 0 Å². The van der Waals surface area contributed by atoms with Gasteiger partial charge in [0.15, 0.2) is 34.7 Å². The molecular formula is C21H27CrO9. The molecule has 171 valence electrons. The summed E-state index contributed by atoms with van der Waals surface area (Å²) in [6.45, 7) is 10.9. The summed E-state index contributed by atoms with van der Waals surface area (Å²) in [7, 11) is 0. The summed E-state index contributed by atoms with van der Waals surface area (Å²) in [6, 6.07) is 0. The Kier molecular flexibility index (Phi) is 19.4. The molecule has 0 saturated heterocycles. The first-order chi connectivity index (χ1) is 13.4. The number of carbonyl (C=O) groups is 6. The summed E-state index contributed by atoms with van der Waals surface area (Å²) < 4.78 is 0. The summed E-state index contributed by atoms with van der Waals surface area (Å²) in [5.74, 6) is -4.12. The molecule has 0 aliphatic heterocycles. The Labute approximate surface area is 192 Å². The van der Waals surface area contributed by atoms with Gasteiger partial charge in [-0.25, -0.2) is 0 Å². The van der Waals surface area contributed by atoms with Gasteiger partial charge in [-0.1, -0.05) is 20.8 Å². The van der Waals surface area contributed by atoms with Crippen molar-refractivity contribution >= 4 is 34.7 Å². The molecule has 0 aliphatic rings. The SMILES string of the molecule is CC(=O)C(C(C)=O)=C(C)[O-].CC(=O)C(C(C)=O)=C(C)[O-].CC(=O)C(C(C)=O)=C(C)[O-].[Cr+3]. The van der Waals surface area contributed by atoms with Gasteiger partial charge in [0.2, 0.25) is 0 Å². The summed E-state index contributed by atoms with van der Waals surface area (Å²) in [4.78, 5) is 63.3. The van der Waals surface area contributed by atoms with Crippen molar-refractivity contribution in [3.8, 4) is 0 Å². The number of carbonyl (C=O) groups excluding carboxylic acids is 6. The van der Waals surface area contributed by atoms with Crippen LogP contribution in [0.3, 0.4) is 0 Å². The van der Waals surface area contributed by atoms with Gasteiger partial charge in [0.25, 0.3) is 0 Å². The molecule has 0 unspecified atom stereocenters. The third-order valence-electron chi connectivity index (χ3n) is 3.17. The number of hydrogen-bond acceptors (Lipinski definition) is 9. The van der Waals surface area contributed by atoms with E-state index in [0.29, 0.717) is 0 Å². The third-order valence-corrected chi connectivity index (χ3v) is 3.17. The summed E-state index contributed by atoms with van der Waals surface area (Å²) in [6.07, 6.45) is 0. The maximum atomic E-state index is 10.5. The van der Waals surface area contributed by atoms with E-state index in [1.54, 1.807) is 0 Å². The molecule has 10 heteroatoms. The van der Waals surface area contributed by atoms with Crippen LogP contribution in [0.1, 0.15) is 62.3 Å². The van der Waals surface area contributed by atoms with Gasteiger partial charge < -0.3 is 15.3 Å². The topological polar surface area (TPSA) is 172 Å². The molecule has 0 fully saturated rings. The Balaban J connectivity index is -0.000000174. The van der Waals surface area contributed by atoms with Crippen LogP contribution in [0, 0.1) is 0 Å². The largest absolute Gasteiger partial charge is 3.00 e. The van der Waals surface area contributed by atoms with Gasteiger partial charge in [0.05, 0.1) is 0 Å². The smallest absolute Gasteiger partial charge is 0.875 e. The third kappa shape index (κ3) is 15.6. The van der Waals surface area contributed by atoms with Crippen LogP contribution in [0.4, 0.5) is 0 Å². The van der Waals surface area contributed by atoms with Gasteiger partial charge in [-0.3, -0.25) is 28.8 Å². The fraction of sp³-hybridized carbons (Fsp3) is 0.429. The Morgan fingerprint density at radius 2 is 0.452 bits per heavy atom. The maximum Gasteiger partial charge on any atom is 3.00 e. The second-order valence-electron chi connectivity index (χ2n) is 6.13. The summed E-state index contributed by atoms with van der Waals surface area (Å²) in [5.41, 5.74) is -0.667. The average molecular weight is 475 g/mol. The molecule has 0 bridgehead atoms. The van der Waals surface area contributed by atoms with E-state index in [4.69, 9.17) is 0 Å². The van der Waals surface area contributed by atoms with Crippen molar-refractivity contribution in [3.05, 3.63) is 34.0 Å². The minimum Gasteiger partial charge on any atom is -0.875 e. The van der Waals surface area contributed by atoms with E-state index in [9.17, 15) is 44.1 Å². The minimum absolute atomic E-state index is 0. The van der Waals surface area contributed by atoms with Crippen LogP contribution in [-0.2, 0) is 46.1 Å². The van der Waals surface area contributed by atoms with Crippen LogP contribution in [0.15, 0.2) is 34.0 Å². The predicted molar refractivity (Wildman–Crippen MR) is 102 cm³/mol. The molecule has 0 amide bonds. The van der Waals surface area contributed by atoms with E-state index in [1.807, 2.05) is 0 Å². The van der Waals surface area contributed by atoms with E-state index in [0.717, 1.165) is 0 Å². The van der Waals surface area contributed by atoms with Crippen LogP contribution in [0.25, 0.3) is 0 Å². The molecule has 0 aromatic rings. The Morgan fingerprint density at radius 1 is 0.355 bits per heavy atom. The van der Waals surface area contributed by atoms with Crippen LogP contribution in [-0.4, -0.2) is 34.7 Å². The van der Waals surface area contributed by atoms with E-state index in [1.165, 1.54) is 62.3 Å². The number of hydrogen-bond donors (Lipinski definition) is 0. The fourth-order valence-corrected chi connectivity index (χ4v) is 2.23. The number of allylic oxidation sites excluding steroid dienone is 6. The van der Waals surface area contributed by atoms with E-state index < -0.39 is 52.0 Å². The van der Waals surface area contributed by atoms with Gasteiger partial charge in [-0.05, 0) is 41.5 Å². The predicted octanol–water partition coefficient (Wildman–Crippen LogP) is -0.606. The zero-order valence-electron chi connectivity index (χ0n) is 19.1. The van der Waals surface area contributed by atoms with E-state index in [-0.39, 0.29) is 34.1 Å². The molecule has 0 heterocycles. The van der Waals surface area contributed by atoms with Gasteiger partial charge in [-0.2, -0.15) is 0 Å². The number of ketones is 6. The molecule has 0 aromatic carbocycles. The quantitative estimate of drug-likeness (QED) is 0.210. The summed E-state index contributed by atoms with van der Waals surface area (Å²) in [5, 5.41) is 31.6. The van der Waals surface area contributed by atoms with E-state index in [2.05, 4.69) is 0 Å². The Bertz CT molecular complexity index is 658. The molecule has 0 aliphatic carbocycles. The van der Waals surface area contributed by atoms with Gasteiger partial charge in [0.1, 0.15) is 0 Å². The van der Waals surface area contributed by atoms with E-state index >= 15 is 0 Å². The van der Waals surface area contributed by atoms with Crippen LogP contribution < -0.4 is 15.3 Å². The normalized spacial score (nSPS) is 8.42. The second-order valence-corrected chi connectivity index (χ2v) is 6.13. The van der Waals surface area contributed by atoms with Gasteiger partial charge >= 0.3 is 17.4 Å². The van der Waals surface area contributed by atoms with Crippen LogP contribution in [0.5, 0.6) is 0 Å². The number of rotatable bonds is 6. The molecule has 0 atom stereocenters. The van der Waals surface area contributed by atoms with Crippen molar-refractivity contribution in [2.45, 2.75) is 62.3 Å². The molecule has 0 aromatic heterocycles. The van der Waals surface area contributed by atoms with Gasteiger partial charge in [0, 0.05) is 16.7 Å². The first-order valence-corrected chi connectivity index (χ1v) is 8.59. The van der Waals surface area contributed by atoms with Crippen LogP contribution in [0.2, 0.25) is 0 Å². The zero-order chi connectivity index (χ0) is 24.9. The Hall–Kier alpha value is -2.83.